The van der Waals surface area contributed by atoms with Crippen molar-refractivity contribution in [1.82, 2.24) is 9.80 Å². The molecule has 0 unspecified atom stereocenters. The zero-order valence-electron chi connectivity index (χ0n) is 12.5. The van der Waals surface area contributed by atoms with Crippen LogP contribution in [-0.2, 0) is 14.3 Å². The van der Waals surface area contributed by atoms with E-state index in [1.807, 2.05) is 11.8 Å². The lowest BCUT2D eigenvalue weighted by Crippen LogP contribution is -2.52. The van der Waals surface area contributed by atoms with Crippen LogP contribution in [0.15, 0.2) is 0 Å². The van der Waals surface area contributed by atoms with Gasteiger partial charge in [-0.15, -0.1) is 0 Å². The molecule has 2 fully saturated rings. The Balaban J connectivity index is 1.75. The maximum absolute atomic E-state index is 12.4. The van der Waals surface area contributed by atoms with Gasteiger partial charge in [-0.2, -0.15) is 0 Å². The van der Waals surface area contributed by atoms with Crippen molar-refractivity contribution in [2.45, 2.75) is 39.0 Å². The molecular weight excluding hydrogens is 256 g/mol. The first-order valence-electron chi connectivity index (χ1n) is 7.86. The minimum atomic E-state index is 0.0385. The number of amides is 2. The third-order valence-corrected chi connectivity index (χ3v) is 4.33. The van der Waals surface area contributed by atoms with Gasteiger partial charge in [0.15, 0.2) is 0 Å². The molecule has 1 aliphatic heterocycles. The van der Waals surface area contributed by atoms with Crippen molar-refractivity contribution in [3.05, 3.63) is 0 Å². The highest BCUT2D eigenvalue weighted by Crippen LogP contribution is 2.25. The maximum atomic E-state index is 12.4. The van der Waals surface area contributed by atoms with E-state index in [0.29, 0.717) is 38.7 Å². The zero-order valence-corrected chi connectivity index (χ0v) is 12.5. The highest BCUT2D eigenvalue weighted by atomic mass is 16.5. The Morgan fingerprint density at radius 3 is 2.20 bits per heavy atom. The third-order valence-electron chi connectivity index (χ3n) is 4.33. The Labute approximate surface area is 121 Å². The van der Waals surface area contributed by atoms with Crippen molar-refractivity contribution in [2.75, 3.05) is 39.4 Å². The molecule has 2 rings (SSSR count). The van der Waals surface area contributed by atoms with E-state index in [1.54, 1.807) is 4.90 Å². The topological polar surface area (TPSA) is 49.9 Å². The van der Waals surface area contributed by atoms with Crippen molar-refractivity contribution in [3.63, 3.8) is 0 Å². The zero-order chi connectivity index (χ0) is 14.4. The Bertz CT molecular complexity index is 332. The molecule has 1 saturated heterocycles. The average molecular weight is 282 g/mol. The molecule has 0 aromatic carbocycles. The standard InChI is InChI=1S/C15H26N2O3/c1-2-20-12-14(18)16-8-10-17(11-9-16)15(19)13-6-4-3-5-7-13/h13H,2-12H2,1H3. The quantitative estimate of drug-likeness (QED) is 0.780. The molecule has 1 saturated carbocycles. The molecule has 1 aliphatic carbocycles. The van der Waals surface area contributed by atoms with Gasteiger partial charge in [0.05, 0.1) is 0 Å². The summed E-state index contributed by atoms with van der Waals surface area (Å²) in [6.45, 7) is 5.24. The Kier molecular flexibility index (Phi) is 5.83. The molecule has 0 bridgehead atoms. The number of hydrogen-bond acceptors (Lipinski definition) is 3. The molecule has 20 heavy (non-hydrogen) atoms. The van der Waals surface area contributed by atoms with E-state index in [2.05, 4.69) is 0 Å². The van der Waals surface area contributed by atoms with Crippen molar-refractivity contribution in [2.24, 2.45) is 5.92 Å². The van der Waals surface area contributed by atoms with Crippen molar-refractivity contribution < 1.29 is 14.3 Å². The van der Waals surface area contributed by atoms with Gasteiger partial charge in [0.2, 0.25) is 11.8 Å². The summed E-state index contributed by atoms with van der Waals surface area (Å²) >= 11 is 0. The van der Waals surface area contributed by atoms with Gasteiger partial charge in [-0.1, -0.05) is 19.3 Å². The summed E-state index contributed by atoms with van der Waals surface area (Å²) in [6.07, 6.45) is 5.72. The van der Waals surface area contributed by atoms with Crippen LogP contribution in [-0.4, -0.2) is 61.0 Å². The first kappa shape index (κ1) is 15.3. The molecule has 5 heteroatoms. The third kappa shape index (κ3) is 3.95. The summed E-state index contributed by atoms with van der Waals surface area (Å²) in [5.41, 5.74) is 0. The Hall–Kier alpha value is -1.10. The predicted octanol–water partition coefficient (Wildman–Crippen LogP) is 1.27. The molecule has 0 aromatic rings. The number of piperazine rings is 1. The second-order valence-electron chi connectivity index (χ2n) is 5.68. The predicted molar refractivity (Wildman–Crippen MR) is 76.2 cm³/mol. The van der Waals surface area contributed by atoms with Crippen LogP contribution >= 0.6 is 0 Å². The van der Waals surface area contributed by atoms with Gasteiger partial charge in [-0.05, 0) is 19.8 Å². The van der Waals surface area contributed by atoms with Gasteiger partial charge in [0, 0.05) is 38.7 Å². The van der Waals surface area contributed by atoms with Gasteiger partial charge in [0.1, 0.15) is 6.61 Å². The molecule has 1 heterocycles. The van der Waals surface area contributed by atoms with Crippen LogP contribution in [0, 0.1) is 5.92 Å². The summed E-state index contributed by atoms with van der Waals surface area (Å²) in [5, 5.41) is 0. The van der Waals surface area contributed by atoms with E-state index in [4.69, 9.17) is 4.74 Å². The van der Waals surface area contributed by atoms with Crippen LogP contribution in [0.2, 0.25) is 0 Å². The fourth-order valence-electron chi connectivity index (χ4n) is 3.06. The van der Waals surface area contributed by atoms with Gasteiger partial charge in [-0.25, -0.2) is 0 Å². The van der Waals surface area contributed by atoms with E-state index in [1.165, 1.54) is 19.3 Å². The number of ether oxygens (including phenoxy) is 1. The fraction of sp³-hybridized carbons (Fsp3) is 0.867. The molecule has 0 spiro atoms. The van der Waals surface area contributed by atoms with Gasteiger partial charge in [0.25, 0.3) is 0 Å². The fourth-order valence-corrected chi connectivity index (χ4v) is 3.06. The monoisotopic (exact) mass is 282 g/mol. The first-order chi connectivity index (χ1) is 9.72. The summed E-state index contributed by atoms with van der Waals surface area (Å²) in [6, 6.07) is 0. The van der Waals surface area contributed by atoms with E-state index >= 15 is 0 Å². The van der Waals surface area contributed by atoms with Gasteiger partial charge in [-0.3, -0.25) is 9.59 Å². The molecule has 0 N–H and O–H groups in total. The van der Waals surface area contributed by atoms with Crippen LogP contribution in [0.5, 0.6) is 0 Å². The van der Waals surface area contributed by atoms with E-state index in [-0.39, 0.29) is 18.4 Å². The number of carbonyl (C=O) groups excluding carboxylic acids is 2. The minimum Gasteiger partial charge on any atom is -0.372 e. The SMILES string of the molecule is CCOCC(=O)N1CCN(C(=O)C2CCCCC2)CC1. The van der Waals surface area contributed by atoms with E-state index in [0.717, 1.165) is 12.8 Å². The molecular formula is C15H26N2O3. The van der Waals surface area contributed by atoms with Gasteiger partial charge < -0.3 is 14.5 Å². The van der Waals surface area contributed by atoms with Crippen molar-refractivity contribution >= 4 is 11.8 Å². The van der Waals surface area contributed by atoms with Crippen LogP contribution in [0.1, 0.15) is 39.0 Å². The Morgan fingerprint density at radius 1 is 1.00 bits per heavy atom. The van der Waals surface area contributed by atoms with Crippen molar-refractivity contribution in [3.8, 4) is 0 Å². The number of hydrogen-bond donors (Lipinski definition) is 0. The van der Waals surface area contributed by atoms with E-state index in [9.17, 15) is 9.59 Å². The van der Waals surface area contributed by atoms with E-state index < -0.39 is 0 Å². The molecule has 2 aliphatic rings. The lowest BCUT2D eigenvalue weighted by atomic mass is 9.88. The number of rotatable bonds is 4. The second-order valence-corrected chi connectivity index (χ2v) is 5.68. The lowest BCUT2D eigenvalue weighted by Gasteiger charge is -2.37. The largest absolute Gasteiger partial charge is 0.372 e. The van der Waals surface area contributed by atoms with Crippen LogP contribution in [0.4, 0.5) is 0 Å². The highest BCUT2D eigenvalue weighted by Gasteiger charge is 2.29. The summed E-state index contributed by atoms with van der Waals surface area (Å²) in [7, 11) is 0. The smallest absolute Gasteiger partial charge is 0.248 e. The normalized spacial score (nSPS) is 21.1. The summed E-state index contributed by atoms with van der Waals surface area (Å²) in [4.78, 5) is 28.0. The average Bonchev–Trinajstić information content (AvgIpc) is 2.53. The number of carbonyl (C=O) groups is 2. The minimum absolute atomic E-state index is 0.0385. The van der Waals surface area contributed by atoms with Crippen LogP contribution < -0.4 is 0 Å². The Morgan fingerprint density at radius 2 is 1.60 bits per heavy atom. The summed E-state index contributed by atoms with van der Waals surface area (Å²) < 4.78 is 5.15. The molecule has 0 atom stereocenters. The number of nitrogens with zero attached hydrogens (tertiary/aromatic N) is 2. The highest BCUT2D eigenvalue weighted by molar-refractivity contribution is 5.80. The summed E-state index contributed by atoms with van der Waals surface area (Å²) in [5.74, 6) is 0.577. The molecule has 5 nitrogen and oxygen atoms in total. The molecule has 0 aromatic heterocycles. The maximum Gasteiger partial charge on any atom is 0.248 e. The first-order valence-corrected chi connectivity index (χ1v) is 7.86. The van der Waals surface area contributed by atoms with Crippen LogP contribution in [0.25, 0.3) is 0 Å². The van der Waals surface area contributed by atoms with Gasteiger partial charge >= 0.3 is 0 Å². The molecule has 114 valence electrons. The molecule has 2 amide bonds. The van der Waals surface area contributed by atoms with Crippen molar-refractivity contribution in [1.29, 1.82) is 0 Å². The molecule has 0 radical (unpaired) electrons. The van der Waals surface area contributed by atoms with Crippen LogP contribution in [0.3, 0.4) is 0 Å². The second kappa shape index (κ2) is 7.62. The lowest BCUT2D eigenvalue weighted by molar-refractivity contribution is -0.144.